The van der Waals surface area contributed by atoms with Crippen LogP contribution in [0.1, 0.15) is 13.3 Å². The summed E-state index contributed by atoms with van der Waals surface area (Å²) < 4.78 is 7.13. The first kappa shape index (κ1) is 14.9. The summed E-state index contributed by atoms with van der Waals surface area (Å²) in [5, 5.41) is 0. The minimum absolute atomic E-state index is 0. The molecule has 0 spiro atoms. The van der Waals surface area contributed by atoms with Crippen molar-refractivity contribution in [1.82, 2.24) is 4.90 Å². The predicted octanol–water partition coefficient (Wildman–Crippen LogP) is -1.55. The minimum atomic E-state index is -0.357. The molecular formula is C11H17BrN2O2. The molecule has 0 radical (unpaired) electrons. The Bertz CT molecular complexity index is 343. The van der Waals surface area contributed by atoms with E-state index in [4.69, 9.17) is 4.74 Å². The van der Waals surface area contributed by atoms with E-state index in [0.717, 1.165) is 13.0 Å². The SMILES string of the molecule is CCC[n+]1cccc(OC(=O)N(C)C)c1.[Br-]. The summed E-state index contributed by atoms with van der Waals surface area (Å²) in [6.07, 6.45) is 4.47. The average molecular weight is 289 g/mol. The van der Waals surface area contributed by atoms with Crippen LogP contribution >= 0.6 is 0 Å². The van der Waals surface area contributed by atoms with Crippen LogP contribution in [0.25, 0.3) is 0 Å². The van der Waals surface area contributed by atoms with Crippen LogP contribution in [0.3, 0.4) is 0 Å². The normalized spacial score (nSPS) is 9.19. The van der Waals surface area contributed by atoms with Gasteiger partial charge in [0.1, 0.15) is 6.54 Å². The molecule has 0 aliphatic heterocycles. The van der Waals surface area contributed by atoms with Crippen molar-refractivity contribution in [1.29, 1.82) is 0 Å². The zero-order chi connectivity index (χ0) is 11.3. The molecule has 0 bridgehead atoms. The first-order valence-corrected chi connectivity index (χ1v) is 5.01. The maximum absolute atomic E-state index is 11.3. The van der Waals surface area contributed by atoms with Crippen molar-refractivity contribution in [2.24, 2.45) is 0 Å². The van der Waals surface area contributed by atoms with Gasteiger partial charge in [-0.2, -0.15) is 0 Å². The molecule has 90 valence electrons. The summed E-state index contributed by atoms with van der Waals surface area (Å²) >= 11 is 0. The largest absolute Gasteiger partial charge is 1.00 e. The van der Waals surface area contributed by atoms with Gasteiger partial charge in [-0.1, -0.05) is 6.92 Å². The predicted molar refractivity (Wildman–Crippen MR) is 56.6 cm³/mol. The number of aryl methyl sites for hydroxylation is 1. The van der Waals surface area contributed by atoms with Gasteiger partial charge in [0.2, 0.25) is 6.20 Å². The van der Waals surface area contributed by atoms with Gasteiger partial charge in [-0.15, -0.1) is 0 Å². The molecule has 0 N–H and O–H groups in total. The van der Waals surface area contributed by atoms with E-state index in [2.05, 4.69) is 6.92 Å². The smallest absolute Gasteiger partial charge is 0.414 e. The molecule has 1 heterocycles. The lowest BCUT2D eigenvalue weighted by Gasteiger charge is -2.09. The maximum Gasteiger partial charge on any atom is 0.414 e. The van der Waals surface area contributed by atoms with Gasteiger partial charge in [-0.05, 0) is 6.07 Å². The van der Waals surface area contributed by atoms with E-state index < -0.39 is 0 Å². The molecule has 0 aliphatic carbocycles. The molecule has 0 unspecified atom stereocenters. The van der Waals surface area contributed by atoms with Crippen molar-refractivity contribution < 1.29 is 31.1 Å². The minimum Gasteiger partial charge on any atom is -1.00 e. The third-order valence-corrected chi connectivity index (χ3v) is 1.88. The van der Waals surface area contributed by atoms with Crippen LogP contribution in [0.2, 0.25) is 0 Å². The maximum atomic E-state index is 11.3. The molecule has 0 aliphatic rings. The number of ether oxygens (including phenoxy) is 1. The van der Waals surface area contributed by atoms with Gasteiger partial charge in [0.15, 0.2) is 11.9 Å². The molecule has 1 aromatic rings. The second-order valence-corrected chi connectivity index (χ2v) is 3.54. The fraction of sp³-hybridized carbons (Fsp3) is 0.455. The van der Waals surface area contributed by atoms with Crippen molar-refractivity contribution >= 4 is 6.09 Å². The van der Waals surface area contributed by atoms with Crippen molar-refractivity contribution in [2.75, 3.05) is 14.1 Å². The van der Waals surface area contributed by atoms with Crippen LogP contribution < -0.4 is 26.3 Å². The van der Waals surface area contributed by atoms with E-state index in [-0.39, 0.29) is 23.1 Å². The second kappa shape index (κ2) is 7.22. The van der Waals surface area contributed by atoms with E-state index in [0.29, 0.717) is 5.75 Å². The third-order valence-electron chi connectivity index (χ3n) is 1.88. The fourth-order valence-corrected chi connectivity index (χ4v) is 1.15. The number of pyridine rings is 1. The number of halogens is 1. The Morgan fingerprint density at radius 1 is 1.50 bits per heavy atom. The highest BCUT2D eigenvalue weighted by molar-refractivity contribution is 5.69. The number of hydrogen-bond donors (Lipinski definition) is 0. The van der Waals surface area contributed by atoms with Crippen LogP contribution in [-0.2, 0) is 6.54 Å². The Hall–Kier alpha value is -1.10. The van der Waals surface area contributed by atoms with Crippen LogP contribution in [-0.4, -0.2) is 25.1 Å². The lowest BCUT2D eigenvalue weighted by Crippen LogP contribution is -3.00. The zero-order valence-electron chi connectivity index (χ0n) is 9.81. The molecule has 5 heteroatoms. The highest BCUT2D eigenvalue weighted by Gasteiger charge is 2.09. The lowest BCUT2D eigenvalue weighted by molar-refractivity contribution is -0.697. The fourth-order valence-electron chi connectivity index (χ4n) is 1.15. The molecule has 1 rings (SSSR count). The molecule has 16 heavy (non-hydrogen) atoms. The molecule has 0 fully saturated rings. The van der Waals surface area contributed by atoms with Crippen LogP contribution in [0.15, 0.2) is 24.5 Å². The quantitative estimate of drug-likeness (QED) is 0.631. The number of carbonyl (C=O) groups is 1. The van der Waals surface area contributed by atoms with Gasteiger partial charge in [-0.3, -0.25) is 0 Å². The lowest BCUT2D eigenvalue weighted by atomic mass is 10.4. The summed E-state index contributed by atoms with van der Waals surface area (Å²) in [5.41, 5.74) is 0. The number of carbonyl (C=O) groups excluding carboxylic acids is 1. The van der Waals surface area contributed by atoms with Crippen LogP contribution in [0.5, 0.6) is 5.75 Å². The zero-order valence-corrected chi connectivity index (χ0v) is 11.4. The summed E-state index contributed by atoms with van der Waals surface area (Å²) in [6, 6.07) is 3.64. The highest BCUT2D eigenvalue weighted by Crippen LogP contribution is 2.06. The van der Waals surface area contributed by atoms with E-state index >= 15 is 0 Å². The number of nitrogens with zero attached hydrogens (tertiary/aromatic N) is 2. The second-order valence-electron chi connectivity index (χ2n) is 3.54. The molecule has 0 atom stereocenters. The van der Waals surface area contributed by atoms with E-state index in [1.54, 1.807) is 20.2 Å². The molecule has 0 saturated heterocycles. The number of aromatic nitrogens is 1. The number of rotatable bonds is 3. The Balaban J connectivity index is 0.00000225. The van der Waals surface area contributed by atoms with Crippen LogP contribution in [0, 0.1) is 0 Å². The van der Waals surface area contributed by atoms with Gasteiger partial charge in [0.25, 0.3) is 0 Å². The summed E-state index contributed by atoms with van der Waals surface area (Å²) in [5.74, 6) is 0.574. The van der Waals surface area contributed by atoms with Gasteiger partial charge in [0, 0.05) is 26.6 Å². The van der Waals surface area contributed by atoms with Crippen molar-refractivity contribution in [3.63, 3.8) is 0 Å². The number of amides is 1. The monoisotopic (exact) mass is 288 g/mol. The molecule has 1 aromatic heterocycles. The molecular weight excluding hydrogens is 272 g/mol. The highest BCUT2D eigenvalue weighted by atomic mass is 79.9. The van der Waals surface area contributed by atoms with Gasteiger partial charge in [-0.25, -0.2) is 9.36 Å². The van der Waals surface area contributed by atoms with E-state index in [9.17, 15) is 4.79 Å². The van der Waals surface area contributed by atoms with Gasteiger partial charge in [0.05, 0.1) is 0 Å². The Labute approximate surface area is 107 Å². The van der Waals surface area contributed by atoms with E-state index in [1.807, 2.05) is 23.0 Å². The molecule has 0 aromatic carbocycles. The summed E-state index contributed by atoms with van der Waals surface area (Å²) in [6.45, 7) is 3.03. The Morgan fingerprint density at radius 3 is 2.75 bits per heavy atom. The van der Waals surface area contributed by atoms with Crippen molar-refractivity contribution in [3.05, 3.63) is 24.5 Å². The molecule has 0 saturated carbocycles. The third kappa shape index (κ3) is 4.61. The average Bonchev–Trinajstić information content (AvgIpc) is 2.18. The number of hydrogen-bond acceptors (Lipinski definition) is 2. The molecule has 4 nitrogen and oxygen atoms in total. The summed E-state index contributed by atoms with van der Waals surface area (Å²) in [4.78, 5) is 12.7. The van der Waals surface area contributed by atoms with Crippen LogP contribution in [0.4, 0.5) is 4.79 Å². The first-order valence-electron chi connectivity index (χ1n) is 5.01. The van der Waals surface area contributed by atoms with Crippen molar-refractivity contribution in [2.45, 2.75) is 19.9 Å². The Morgan fingerprint density at radius 2 is 2.19 bits per heavy atom. The van der Waals surface area contributed by atoms with Gasteiger partial charge >= 0.3 is 6.09 Å². The molecule has 1 amide bonds. The topological polar surface area (TPSA) is 33.4 Å². The van der Waals surface area contributed by atoms with Crippen molar-refractivity contribution in [3.8, 4) is 5.75 Å². The Kier molecular flexibility index (Phi) is 6.72. The van der Waals surface area contributed by atoms with E-state index in [1.165, 1.54) is 4.90 Å². The standard InChI is InChI=1S/C11H17N2O2.BrH/c1-4-7-13-8-5-6-10(9-13)15-11(14)12(2)3;/h5-6,8-9H,4,7H2,1-3H3;1H/q+1;/p-1. The first-order chi connectivity index (χ1) is 7.13. The van der Waals surface area contributed by atoms with Gasteiger partial charge < -0.3 is 26.6 Å². The summed E-state index contributed by atoms with van der Waals surface area (Å²) in [7, 11) is 3.32.